The van der Waals surface area contributed by atoms with Crippen LogP contribution in [0.1, 0.15) is 18.1 Å². The number of aromatic amines is 2. The molecule has 0 fully saturated rings. The van der Waals surface area contributed by atoms with Gasteiger partial charge in [-0.25, -0.2) is 9.97 Å². The lowest BCUT2D eigenvalue weighted by Crippen LogP contribution is -2.23. The molecule has 0 spiro atoms. The van der Waals surface area contributed by atoms with E-state index in [2.05, 4.69) is 25.3 Å². The normalized spacial score (nSPS) is 10.9. The number of hydrogen-bond acceptors (Lipinski definition) is 3. The zero-order chi connectivity index (χ0) is 17.8. The van der Waals surface area contributed by atoms with Crippen molar-refractivity contribution >= 4 is 16.9 Å². The number of imidazole rings is 2. The molecule has 0 aliphatic rings. The summed E-state index contributed by atoms with van der Waals surface area (Å²) in [6, 6.07) is 17.8. The van der Waals surface area contributed by atoms with Gasteiger partial charge >= 0.3 is 0 Å². The van der Waals surface area contributed by atoms with Crippen molar-refractivity contribution in [1.82, 2.24) is 25.3 Å². The Bertz CT molecular complexity index is 986. The van der Waals surface area contributed by atoms with Gasteiger partial charge in [-0.3, -0.25) is 4.79 Å². The highest BCUT2D eigenvalue weighted by Gasteiger charge is 2.08. The molecule has 3 N–H and O–H groups in total. The molecular formula is C20H19N5O. The molecule has 0 aliphatic carbocycles. The summed E-state index contributed by atoms with van der Waals surface area (Å²) < 4.78 is 0. The van der Waals surface area contributed by atoms with E-state index < -0.39 is 0 Å². The van der Waals surface area contributed by atoms with E-state index in [1.165, 1.54) is 0 Å². The Morgan fingerprint density at radius 1 is 0.962 bits per heavy atom. The average Bonchev–Trinajstić information content (AvgIpc) is 3.32. The fraction of sp³-hybridized carbons (Fsp3) is 0.150. The number of aryl methyl sites for hydroxylation is 1. The smallest absolute Gasteiger partial charge is 0.220 e. The van der Waals surface area contributed by atoms with Crippen molar-refractivity contribution in [3.05, 3.63) is 72.4 Å². The first-order valence-corrected chi connectivity index (χ1v) is 8.57. The summed E-state index contributed by atoms with van der Waals surface area (Å²) in [6.45, 7) is 0.381. The topological polar surface area (TPSA) is 86.5 Å². The molecule has 4 aromatic rings. The number of para-hydroxylation sites is 2. The third-order valence-electron chi connectivity index (χ3n) is 4.19. The first-order valence-electron chi connectivity index (χ1n) is 8.57. The minimum atomic E-state index is -0.0249. The molecule has 0 bridgehead atoms. The molecule has 6 heteroatoms. The van der Waals surface area contributed by atoms with Gasteiger partial charge in [0.05, 0.1) is 29.5 Å². The molecule has 130 valence electrons. The molecule has 2 heterocycles. The summed E-state index contributed by atoms with van der Waals surface area (Å²) in [4.78, 5) is 27.4. The number of nitrogens with one attached hydrogen (secondary N) is 3. The molecule has 4 rings (SSSR count). The lowest BCUT2D eigenvalue weighted by Gasteiger charge is -2.02. The van der Waals surface area contributed by atoms with Gasteiger partial charge in [-0.05, 0) is 17.7 Å². The molecule has 2 aromatic heterocycles. The van der Waals surface area contributed by atoms with Crippen LogP contribution in [-0.2, 0) is 17.8 Å². The number of carbonyl (C=O) groups excluding carboxylic acids is 1. The van der Waals surface area contributed by atoms with Crippen LogP contribution in [0.25, 0.3) is 22.3 Å². The van der Waals surface area contributed by atoms with Gasteiger partial charge in [0.25, 0.3) is 0 Å². The van der Waals surface area contributed by atoms with E-state index in [4.69, 9.17) is 0 Å². The van der Waals surface area contributed by atoms with Gasteiger partial charge in [-0.1, -0.05) is 42.5 Å². The number of H-pyrrole nitrogens is 2. The molecule has 0 unspecified atom stereocenters. The molecule has 6 nitrogen and oxygen atoms in total. The highest BCUT2D eigenvalue weighted by atomic mass is 16.1. The Hall–Kier alpha value is -3.41. The fourth-order valence-corrected chi connectivity index (χ4v) is 2.84. The number of amides is 1. The monoisotopic (exact) mass is 345 g/mol. The SMILES string of the molecule is O=C(CCc1nc2ccccc2[nH]1)NCc1ncc(-c2ccccc2)[nH]1. The van der Waals surface area contributed by atoms with E-state index in [9.17, 15) is 4.79 Å². The quantitative estimate of drug-likeness (QED) is 0.501. The molecule has 0 radical (unpaired) electrons. The number of aromatic nitrogens is 4. The van der Waals surface area contributed by atoms with Crippen molar-refractivity contribution in [1.29, 1.82) is 0 Å². The average molecular weight is 345 g/mol. The maximum Gasteiger partial charge on any atom is 0.220 e. The van der Waals surface area contributed by atoms with Gasteiger partial charge in [0.1, 0.15) is 11.6 Å². The zero-order valence-electron chi connectivity index (χ0n) is 14.2. The summed E-state index contributed by atoms with van der Waals surface area (Å²) in [7, 11) is 0. The molecule has 2 aromatic carbocycles. The van der Waals surface area contributed by atoms with Crippen LogP contribution < -0.4 is 5.32 Å². The molecule has 0 aliphatic heterocycles. The largest absolute Gasteiger partial charge is 0.349 e. The zero-order valence-corrected chi connectivity index (χ0v) is 14.2. The van der Waals surface area contributed by atoms with E-state index in [1.54, 1.807) is 6.20 Å². The van der Waals surface area contributed by atoms with Crippen molar-refractivity contribution in [2.45, 2.75) is 19.4 Å². The van der Waals surface area contributed by atoms with E-state index in [-0.39, 0.29) is 5.91 Å². The Labute approximate surface area is 150 Å². The van der Waals surface area contributed by atoms with Crippen LogP contribution in [0.3, 0.4) is 0 Å². The highest BCUT2D eigenvalue weighted by molar-refractivity contribution is 5.77. The first kappa shape index (κ1) is 16.1. The van der Waals surface area contributed by atoms with Crippen LogP contribution in [0.5, 0.6) is 0 Å². The number of carbonyl (C=O) groups is 1. The Morgan fingerprint density at radius 3 is 2.62 bits per heavy atom. The Balaban J connectivity index is 1.29. The standard InChI is InChI=1S/C20H19N5O/c26-20(11-10-18-23-15-8-4-5-9-16(15)24-18)22-13-19-21-12-17(25-19)14-6-2-1-3-7-14/h1-9,12H,10-11,13H2,(H,21,25)(H,22,26)(H,23,24). The predicted molar refractivity (Wildman–Crippen MR) is 100 cm³/mol. The summed E-state index contributed by atoms with van der Waals surface area (Å²) in [5.41, 5.74) is 3.93. The second kappa shape index (κ2) is 7.23. The minimum absolute atomic E-state index is 0.0249. The van der Waals surface area contributed by atoms with Gasteiger partial charge in [-0.15, -0.1) is 0 Å². The third kappa shape index (κ3) is 3.64. The summed E-state index contributed by atoms with van der Waals surface area (Å²) in [5, 5.41) is 2.89. The van der Waals surface area contributed by atoms with Crippen molar-refractivity contribution < 1.29 is 4.79 Å². The first-order chi connectivity index (χ1) is 12.8. The van der Waals surface area contributed by atoms with Crippen LogP contribution in [0.15, 0.2) is 60.8 Å². The highest BCUT2D eigenvalue weighted by Crippen LogP contribution is 2.16. The Kier molecular flexibility index (Phi) is 4.47. The van der Waals surface area contributed by atoms with Crippen molar-refractivity contribution in [3.63, 3.8) is 0 Å². The summed E-state index contributed by atoms with van der Waals surface area (Å²) >= 11 is 0. The van der Waals surface area contributed by atoms with Crippen molar-refractivity contribution in [3.8, 4) is 11.3 Å². The van der Waals surface area contributed by atoms with Gasteiger partial charge in [0, 0.05) is 12.8 Å². The minimum Gasteiger partial charge on any atom is -0.349 e. The number of fused-ring (bicyclic) bond motifs is 1. The lowest BCUT2D eigenvalue weighted by molar-refractivity contribution is -0.121. The lowest BCUT2D eigenvalue weighted by atomic mass is 10.2. The van der Waals surface area contributed by atoms with Crippen LogP contribution in [0, 0.1) is 0 Å². The maximum atomic E-state index is 12.1. The van der Waals surface area contributed by atoms with Crippen LogP contribution in [-0.4, -0.2) is 25.8 Å². The second-order valence-corrected chi connectivity index (χ2v) is 6.09. The summed E-state index contributed by atoms with van der Waals surface area (Å²) in [5.74, 6) is 1.54. The fourth-order valence-electron chi connectivity index (χ4n) is 2.84. The van der Waals surface area contributed by atoms with Crippen LogP contribution in [0.2, 0.25) is 0 Å². The molecular weight excluding hydrogens is 326 g/mol. The Morgan fingerprint density at radius 2 is 1.77 bits per heavy atom. The van der Waals surface area contributed by atoms with E-state index >= 15 is 0 Å². The third-order valence-corrected chi connectivity index (χ3v) is 4.19. The maximum absolute atomic E-state index is 12.1. The van der Waals surface area contributed by atoms with E-state index in [1.807, 2.05) is 54.6 Å². The number of hydrogen-bond donors (Lipinski definition) is 3. The van der Waals surface area contributed by atoms with Crippen LogP contribution >= 0.6 is 0 Å². The molecule has 0 saturated heterocycles. The van der Waals surface area contributed by atoms with E-state index in [0.717, 1.165) is 33.9 Å². The van der Waals surface area contributed by atoms with Gasteiger partial charge in [-0.2, -0.15) is 0 Å². The summed E-state index contributed by atoms with van der Waals surface area (Å²) in [6.07, 6.45) is 2.74. The van der Waals surface area contributed by atoms with Gasteiger partial charge in [0.2, 0.25) is 5.91 Å². The van der Waals surface area contributed by atoms with Crippen molar-refractivity contribution in [2.75, 3.05) is 0 Å². The molecule has 0 saturated carbocycles. The number of benzene rings is 2. The predicted octanol–water partition coefficient (Wildman–Crippen LogP) is 3.20. The molecule has 26 heavy (non-hydrogen) atoms. The van der Waals surface area contributed by atoms with Crippen LogP contribution in [0.4, 0.5) is 0 Å². The molecule has 0 atom stereocenters. The molecule has 1 amide bonds. The van der Waals surface area contributed by atoms with Crippen molar-refractivity contribution in [2.24, 2.45) is 0 Å². The van der Waals surface area contributed by atoms with Gasteiger partial charge < -0.3 is 15.3 Å². The van der Waals surface area contributed by atoms with E-state index in [0.29, 0.717) is 19.4 Å². The van der Waals surface area contributed by atoms with Gasteiger partial charge in [0.15, 0.2) is 0 Å². The second-order valence-electron chi connectivity index (χ2n) is 6.09. The number of rotatable bonds is 6. The number of nitrogens with zero attached hydrogens (tertiary/aromatic N) is 2.